The minimum atomic E-state index is 0. The van der Waals surface area contributed by atoms with Gasteiger partial charge in [-0.15, -0.1) is 0 Å². The molecule has 2 aliphatic heterocycles. The Morgan fingerprint density at radius 1 is 0.900 bits per heavy atom. The van der Waals surface area contributed by atoms with Gasteiger partial charge in [0.05, 0.1) is 0 Å². The fourth-order valence-corrected chi connectivity index (χ4v) is 1.44. The van der Waals surface area contributed by atoms with Crippen molar-refractivity contribution in [2.24, 2.45) is 0 Å². The van der Waals surface area contributed by atoms with E-state index in [2.05, 4.69) is 0 Å². The summed E-state index contributed by atoms with van der Waals surface area (Å²) in [6, 6.07) is 0. The third-order valence-corrected chi connectivity index (χ3v) is 2.15. The van der Waals surface area contributed by atoms with Gasteiger partial charge in [-0.25, -0.2) is 0 Å². The van der Waals surface area contributed by atoms with E-state index in [1.165, 1.54) is 0 Å². The third-order valence-electron chi connectivity index (χ3n) is 2.15. The number of hydrogen-bond donors (Lipinski definition) is 0. The molecule has 4 heteroatoms. The van der Waals surface area contributed by atoms with Crippen molar-refractivity contribution in [2.45, 2.75) is 0 Å². The molecule has 60 valence electrons. The lowest BCUT2D eigenvalue weighted by Crippen LogP contribution is -3.00. The zero-order valence-corrected chi connectivity index (χ0v) is 6.64. The van der Waals surface area contributed by atoms with Gasteiger partial charge < -0.3 is 21.9 Å². The molecule has 0 N–H and O–H groups in total. The highest BCUT2D eigenvalue weighted by molar-refractivity contribution is 4.47. The molecule has 2 aliphatic rings. The van der Waals surface area contributed by atoms with Crippen LogP contribution in [0.2, 0.25) is 0 Å². The van der Waals surface area contributed by atoms with Crippen molar-refractivity contribution in [3.8, 4) is 0 Å². The van der Waals surface area contributed by atoms with Gasteiger partial charge >= 0.3 is 0 Å². The molecule has 0 bridgehead atoms. The highest BCUT2D eigenvalue weighted by atomic mass is 35.5. The van der Waals surface area contributed by atoms with E-state index in [0.29, 0.717) is 0 Å². The van der Waals surface area contributed by atoms with Gasteiger partial charge in [-0.3, -0.25) is 4.48 Å². The van der Waals surface area contributed by atoms with E-state index < -0.39 is 0 Å². The molecular weight excluding hydrogens is 154 g/mol. The molecule has 10 heavy (non-hydrogen) atoms. The maximum Gasteiger partial charge on any atom is 0.185 e. The van der Waals surface area contributed by atoms with E-state index in [1.807, 2.05) is 0 Å². The molecule has 2 heterocycles. The maximum atomic E-state index is 5.27. The lowest BCUT2D eigenvalue weighted by atomic mass is 10.5. The molecule has 0 saturated carbocycles. The van der Waals surface area contributed by atoms with Crippen LogP contribution in [-0.2, 0) is 9.47 Å². The summed E-state index contributed by atoms with van der Waals surface area (Å²) in [4.78, 5) is 0. The van der Waals surface area contributed by atoms with Crippen molar-refractivity contribution in [1.82, 2.24) is 0 Å². The number of ether oxygens (including phenoxy) is 2. The maximum absolute atomic E-state index is 5.27. The Labute approximate surface area is 66.9 Å². The lowest BCUT2D eigenvalue weighted by Gasteiger charge is -2.23. The van der Waals surface area contributed by atoms with Gasteiger partial charge in [0.2, 0.25) is 0 Å². The zero-order chi connectivity index (χ0) is 6.16. The van der Waals surface area contributed by atoms with Gasteiger partial charge in [-0.05, 0) is 0 Å². The molecular formula is C6H12ClNO2. The Morgan fingerprint density at radius 3 is 1.70 bits per heavy atom. The minimum absolute atomic E-state index is 0. The van der Waals surface area contributed by atoms with Gasteiger partial charge in [0.1, 0.15) is 26.3 Å². The number of hydrogen-bond acceptors (Lipinski definition) is 2. The quantitative estimate of drug-likeness (QED) is 0.352. The topological polar surface area (TPSA) is 18.5 Å². The molecule has 0 aliphatic carbocycles. The Balaban J connectivity index is 0.000000500. The first-order chi connectivity index (χ1) is 4.41. The fraction of sp³-hybridized carbons (Fsp3) is 1.00. The van der Waals surface area contributed by atoms with E-state index in [0.717, 1.165) is 44.2 Å². The summed E-state index contributed by atoms with van der Waals surface area (Å²) >= 11 is 0. The van der Waals surface area contributed by atoms with Gasteiger partial charge in [0.25, 0.3) is 0 Å². The van der Waals surface area contributed by atoms with Crippen molar-refractivity contribution in [3.05, 3.63) is 0 Å². The van der Waals surface area contributed by atoms with Crippen LogP contribution in [0, 0.1) is 0 Å². The summed E-state index contributed by atoms with van der Waals surface area (Å²) < 4.78 is 11.6. The standard InChI is InChI=1S/C6H12NO2.ClH/c1-3-8-5-7(1)2-4-9-6-7;/h1-6H2;1H/q+1;/p-1. The SMILES string of the molecule is C1C[N+]2(CCOC2)CO1.[Cl-]. The highest BCUT2D eigenvalue weighted by Gasteiger charge is 2.36. The number of nitrogens with zero attached hydrogens (tertiary/aromatic N) is 1. The smallest absolute Gasteiger partial charge is 0.185 e. The van der Waals surface area contributed by atoms with Gasteiger partial charge in [0, 0.05) is 0 Å². The minimum Gasteiger partial charge on any atom is -1.00 e. The molecule has 0 atom stereocenters. The Bertz CT molecular complexity index is 90.8. The van der Waals surface area contributed by atoms with E-state index in [9.17, 15) is 0 Å². The average molecular weight is 166 g/mol. The molecule has 2 fully saturated rings. The van der Waals surface area contributed by atoms with Crippen LogP contribution in [0.5, 0.6) is 0 Å². The molecule has 0 aromatic heterocycles. The summed E-state index contributed by atoms with van der Waals surface area (Å²) in [6.07, 6.45) is 0. The Kier molecular flexibility index (Phi) is 2.52. The fourth-order valence-electron chi connectivity index (χ4n) is 1.44. The molecule has 0 amide bonds. The highest BCUT2D eigenvalue weighted by Crippen LogP contribution is 2.17. The van der Waals surface area contributed by atoms with Crippen LogP contribution in [0.3, 0.4) is 0 Å². The van der Waals surface area contributed by atoms with Crippen LogP contribution < -0.4 is 12.4 Å². The molecule has 3 nitrogen and oxygen atoms in total. The number of quaternary nitrogens is 1. The van der Waals surface area contributed by atoms with Gasteiger partial charge in [0.15, 0.2) is 13.5 Å². The van der Waals surface area contributed by atoms with E-state index in [-0.39, 0.29) is 12.4 Å². The summed E-state index contributed by atoms with van der Waals surface area (Å²) in [7, 11) is 0. The van der Waals surface area contributed by atoms with Crippen LogP contribution in [-0.4, -0.2) is 44.2 Å². The van der Waals surface area contributed by atoms with Crippen molar-refractivity contribution in [2.75, 3.05) is 39.8 Å². The van der Waals surface area contributed by atoms with Crippen LogP contribution in [0.25, 0.3) is 0 Å². The van der Waals surface area contributed by atoms with Crippen LogP contribution in [0.15, 0.2) is 0 Å². The van der Waals surface area contributed by atoms with E-state index in [4.69, 9.17) is 9.47 Å². The number of rotatable bonds is 0. The molecule has 0 radical (unpaired) electrons. The summed E-state index contributed by atoms with van der Waals surface area (Å²) in [5, 5.41) is 0. The summed E-state index contributed by atoms with van der Waals surface area (Å²) in [5.41, 5.74) is 0. The average Bonchev–Trinajstić information content (AvgIpc) is 2.45. The zero-order valence-electron chi connectivity index (χ0n) is 5.88. The monoisotopic (exact) mass is 165 g/mol. The van der Waals surface area contributed by atoms with E-state index in [1.54, 1.807) is 0 Å². The third kappa shape index (κ3) is 1.27. The number of halogens is 1. The first kappa shape index (κ1) is 8.27. The first-order valence-corrected chi connectivity index (χ1v) is 3.42. The van der Waals surface area contributed by atoms with Crippen LogP contribution >= 0.6 is 0 Å². The van der Waals surface area contributed by atoms with Crippen molar-refractivity contribution < 1.29 is 26.4 Å². The van der Waals surface area contributed by atoms with Crippen molar-refractivity contribution >= 4 is 0 Å². The largest absolute Gasteiger partial charge is 1.00 e. The predicted octanol–water partition coefficient (Wildman–Crippen LogP) is -3.22. The first-order valence-electron chi connectivity index (χ1n) is 3.42. The molecule has 0 aromatic carbocycles. The second-order valence-electron chi connectivity index (χ2n) is 2.86. The second-order valence-corrected chi connectivity index (χ2v) is 2.86. The Hall–Kier alpha value is 0.170. The normalized spacial score (nSPS) is 28.8. The molecule has 0 aromatic rings. The molecule has 1 spiro atoms. The van der Waals surface area contributed by atoms with Crippen molar-refractivity contribution in [1.29, 1.82) is 0 Å². The summed E-state index contributed by atoms with van der Waals surface area (Å²) in [5.74, 6) is 0. The molecule has 2 rings (SSSR count). The molecule has 0 unspecified atom stereocenters. The van der Waals surface area contributed by atoms with Crippen LogP contribution in [0.1, 0.15) is 0 Å². The predicted molar refractivity (Wildman–Crippen MR) is 31.6 cm³/mol. The van der Waals surface area contributed by atoms with E-state index >= 15 is 0 Å². The van der Waals surface area contributed by atoms with Gasteiger partial charge in [-0.1, -0.05) is 0 Å². The second kappa shape index (κ2) is 3.05. The van der Waals surface area contributed by atoms with Crippen LogP contribution in [0.4, 0.5) is 0 Å². The lowest BCUT2D eigenvalue weighted by molar-refractivity contribution is -0.922. The molecule has 2 saturated heterocycles. The van der Waals surface area contributed by atoms with Gasteiger partial charge in [-0.2, -0.15) is 0 Å². The summed E-state index contributed by atoms with van der Waals surface area (Å²) in [6.45, 7) is 5.90. The van der Waals surface area contributed by atoms with Crippen molar-refractivity contribution in [3.63, 3.8) is 0 Å². The Morgan fingerprint density at radius 2 is 1.40 bits per heavy atom.